The monoisotopic (exact) mass is 263 g/mol. The summed E-state index contributed by atoms with van der Waals surface area (Å²) in [7, 11) is -3.43. The van der Waals surface area contributed by atoms with Crippen LogP contribution in [0.15, 0.2) is 0 Å². The zero-order chi connectivity index (χ0) is 12.9. The second kappa shape index (κ2) is 5.79. The molecule has 1 rings (SSSR count). The molecule has 0 spiro atoms. The fraction of sp³-hybridized carbons (Fsp3) is 0.900. The van der Waals surface area contributed by atoms with Crippen molar-refractivity contribution >= 4 is 15.9 Å². The topological polar surface area (TPSA) is 101 Å². The molecule has 0 saturated carbocycles. The summed E-state index contributed by atoms with van der Waals surface area (Å²) >= 11 is 0. The van der Waals surface area contributed by atoms with E-state index in [0.717, 1.165) is 19.4 Å². The van der Waals surface area contributed by atoms with E-state index >= 15 is 0 Å². The minimum absolute atomic E-state index is 0.0134. The van der Waals surface area contributed by atoms with Crippen LogP contribution in [0.25, 0.3) is 0 Å². The van der Waals surface area contributed by atoms with Crippen LogP contribution in [0.5, 0.6) is 0 Å². The molecule has 6 nitrogen and oxygen atoms in total. The van der Waals surface area contributed by atoms with Gasteiger partial charge in [-0.25, -0.2) is 13.6 Å². The summed E-state index contributed by atoms with van der Waals surface area (Å²) in [6, 6.07) is 0. The third kappa shape index (κ3) is 4.25. The molecule has 1 fully saturated rings. The minimum Gasteiger partial charge on any atom is -0.356 e. The number of hydrogen-bond acceptors (Lipinski definition) is 4. The molecule has 1 atom stereocenters. The molecule has 1 unspecified atom stereocenters. The number of hydrogen-bond donors (Lipinski definition) is 3. The molecule has 0 aliphatic carbocycles. The number of carbonyl (C=O) groups excluding carboxylic acids is 1. The largest absolute Gasteiger partial charge is 0.356 e. The van der Waals surface area contributed by atoms with E-state index in [2.05, 4.69) is 10.6 Å². The number of primary sulfonamides is 1. The zero-order valence-electron chi connectivity index (χ0n) is 10.2. The summed E-state index contributed by atoms with van der Waals surface area (Å²) in [5.74, 6) is -0.0793. The van der Waals surface area contributed by atoms with Crippen molar-refractivity contribution in [3.05, 3.63) is 0 Å². The van der Waals surface area contributed by atoms with Gasteiger partial charge in [0.15, 0.2) is 0 Å². The highest BCUT2D eigenvalue weighted by Gasteiger charge is 2.38. The Balaban J connectivity index is 2.34. The maximum absolute atomic E-state index is 12.0. The summed E-state index contributed by atoms with van der Waals surface area (Å²) in [5.41, 5.74) is -0.318. The SMILES string of the molecule is CCC1(C(=O)NCCCS(N)(=O)=O)CCNC1. The standard InChI is InChI=1S/C10H21N3O3S/c1-2-10(4-6-12-8-10)9(14)13-5-3-7-17(11,15)16/h12H,2-8H2,1H3,(H,13,14)(H2,11,15,16). The predicted molar refractivity (Wildman–Crippen MR) is 65.8 cm³/mol. The van der Waals surface area contributed by atoms with Gasteiger partial charge >= 0.3 is 0 Å². The van der Waals surface area contributed by atoms with Crippen molar-refractivity contribution < 1.29 is 13.2 Å². The summed E-state index contributed by atoms with van der Waals surface area (Å²) in [5, 5.41) is 10.8. The number of sulfonamides is 1. The van der Waals surface area contributed by atoms with Crippen LogP contribution >= 0.6 is 0 Å². The van der Waals surface area contributed by atoms with E-state index in [1.807, 2.05) is 6.92 Å². The van der Waals surface area contributed by atoms with Gasteiger partial charge in [0.1, 0.15) is 0 Å². The first-order valence-corrected chi connectivity index (χ1v) is 7.61. The molecule has 0 aromatic carbocycles. The van der Waals surface area contributed by atoms with E-state index in [0.29, 0.717) is 19.5 Å². The van der Waals surface area contributed by atoms with Crippen molar-refractivity contribution in [2.24, 2.45) is 10.6 Å². The lowest BCUT2D eigenvalue weighted by molar-refractivity contribution is -0.130. The van der Waals surface area contributed by atoms with Crippen LogP contribution < -0.4 is 15.8 Å². The Labute approximate surface area is 102 Å². The van der Waals surface area contributed by atoms with Gasteiger partial charge in [0.05, 0.1) is 11.2 Å². The Morgan fingerprint density at radius 3 is 2.71 bits per heavy atom. The van der Waals surface area contributed by atoms with Gasteiger partial charge in [-0.1, -0.05) is 6.92 Å². The van der Waals surface area contributed by atoms with Crippen LogP contribution in [-0.4, -0.2) is 39.7 Å². The number of amides is 1. The number of nitrogens with two attached hydrogens (primary N) is 1. The van der Waals surface area contributed by atoms with Crippen LogP contribution in [0.2, 0.25) is 0 Å². The van der Waals surface area contributed by atoms with Gasteiger partial charge in [0.2, 0.25) is 15.9 Å². The quantitative estimate of drug-likeness (QED) is 0.544. The normalized spacial score (nSPS) is 24.8. The Bertz CT molecular complexity index is 361. The van der Waals surface area contributed by atoms with Crippen molar-refractivity contribution in [1.82, 2.24) is 10.6 Å². The van der Waals surface area contributed by atoms with E-state index in [9.17, 15) is 13.2 Å². The zero-order valence-corrected chi connectivity index (χ0v) is 11.0. The number of nitrogens with one attached hydrogen (secondary N) is 2. The molecule has 1 amide bonds. The molecule has 7 heteroatoms. The van der Waals surface area contributed by atoms with E-state index < -0.39 is 10.0 Å². The van der Waals surface area contributed by atoms with Crippen molar-refractivity contribution in [3.63, 3.8) is 0 Å². The van der Waals surface area contributed by atoms with Gasteiger partial charge < -0.3 is 10.6 Å². The molecule has 1 heterocycles. The first-order valence-electron chi connectivity index (χ1n) is 5.89. The van der Waals surface area contributed by atoms with Crippen molar-refractivity contribution in [2.45, 2.75) is 26.2 Å². The van der Waals surface area contributed by atoms with Crippen molar-refractivity contribution in [2.75, 3.05) is 25.4 Å². The molecule has 0 aromatic rings. The maximum atomic E-state index is 12.0. The summed E-state index contributed by atoms with van der Waals surface area (Å²) in [4.78, 5) is 12.0. The molecule has 0 bridgehead atoms. The summed E-state index contributed by atoms with van der Waals surface area (Å²) < 4.78 is 21.4. The third-order valence-electron chi connectivity index (χ3n) is 3.29. The lowest BCUT2D eigenvalue weighted by atomic mass is 9.83. The summed E-state index contributed by atoms with van der Waals surface area (Å²) in [6.45, 7) is 3.91. The van der Waals surface area contributed by atoms with E-state index in [4.69, 9.17) is 5.14 Å². The highest BCUT2D eigenvalue weighted by atomic mass is 32.2. The lowest BCUT2D eigenvalue weighted by Crippen LogP contribution is -2.42. The minimum atomic E-state index is -3.43. The molecule has 1 saturated heterocycles. The van der Waals surface area contributed by atoms with E-state index in [1.54, 1.807) is 0 Å². The van der Waals surface area contributed by atoms with Crippen molar-refractivity contribution in [3.8, 4) is 0 Å². The Morgan fingerprint density at radius 2 is 2.24 bits per heavy atom. The van der Waals surface area contributed by atoms with Gasteiger partial charge in [0, 0.05) is 13.1 Å². The van der Waals surface area contributed by atoms with Gasteiger partial charge in [-0.15, -0.1) is 0 Å². The Kier molecular flexibility index (Phi) is 4.91. The molecular formula is C10H21N3O3S. The lowest BCUT2D eigenvalue weighted by Gasteiger charge is -2.25. The van der Waals surface area contributed by atoms with Crippen LogP contribution in [0.3, 0.4) is 0 Å². The average Bonchev–Trinajstić information content (AvgIpc) is 2.72. The molecule has 17 heavy (non-hydrogen) atoms. The molecule has 4 N–H and O–H groups in total. The molecule has 100 valence electrons. The van der Waals surface area contributed by atoms with Crippen LogP contribution in [-0.2, 0) is 14.8 Å². The van der Waals surface area contributed by atoms with Gasteiger partial charge in [-0.2, -0.15) is 0 Å². The molecule has 0 aromatic heterocycles. The second-order valence-corrected chi connectivity index (χ2v) is 6.27. The first-order chi connectivity index (χ1) is 7.90. The molecule has 0 radical (unpaired) electrons. The number of carbonyl (C=O) groups is 1. The third-order valence-corrected chi connectivity index (χ3v) is 4.15. The molecular weight excluding hydrogens is 242 g/mol. The van der Waals surface area contributed by atoms with Gasteiger partial charge in [-0.3, -0.25) is 4.79 Å². The summed E-state index contributed by atoms with van der Waals surface area (Å²) in [6.07, 6.45) is 1.99. The molecule has 1 aliphatic rings. The van der Waals surface area contributed by atoms with Crippen LogP contribution in [0.4, 0.5) is 0 Å². The predicted octanol–water partition coefficient (Wildman–Crippen LogP) is -0.829. The maximum Gasteiger partial charge on any atom is 0.227 e. The van der Waals surface area contributed by atoms with E-state index in [-0.39, 0.29) is 17.1 Å². The average molecular weight is 263 g/mol. The fourth-order valence-electron chi connectivity index (χ4n) is 2.06. The Hall–Kier alpha value is -0.660. The highest BCUT2D eigenvalue weighted by molar-refractivity contribution is 7.89. The molecule has 1 aliphatic heterocycles. The van der Waals surface area contributed by atoms with Crippen LogP contribution in [0.1, 0.15) is 26.2 Å². The fourth-order valence-corrected chi connectivity index (χ4v) is 2.61. The Morgan fingerprint density at radius 1 is 1.53 bits per heavy atom. The van der Waals surface area contributed by atoms with Gasteiger partial charge in [-0.05, 0) is 25.8 Å². The van der Waals surface area contributed by atoms with Gasteiger partial charge in [0.25, 0.3) is 0 Å². The van der Waals surface area contributed by atoms with E-state index in [1.165, 1.54) is 0 Å². The highest BCUT2D eigenvalue weighted by Crippen LogP contribution is 2.29. The van der Waals surface area contributed by atoms with Crippen LogP contribution in [0, 0.1) is 5.41 Å². The second-order valence-electron chi connectivity index (χ2n) is 4.54. The first kappa shape index (κ1) is 14.4. The van der Waals surface area contributed by atoms with Crippen molar-refractivity contribution in [1.29, 1.82) is 0 Å². The number of rotatable bonds is 6. The smallest absolute Gasteiger partial charge is 0.227 e.